The van der Waals surface area contributed by atoms with Crippen LogP contribution in [0.3, 0.4) is 0 Å². The molecular weight excluding hydrogens is 288 g/mol. The van der Waals surface area contributed by atoms with Gasteiger partial charge in [-0.05, 0) is 0 Å². The maximum absolute atomic E-state index is 12.5. The molecule has 0 atom stereocenters. The van der Waals surface area contributed by atoms with E-state index in [4.69, 9.17) is 0 Å². The minimum Gasteiger partial charge on any atom is -0.343 e. The molecule has 3 rings (SSSR count). The summed E-state index contributed by atoms with van der Waals surface area (Å²) >= 11 is 1.37. The number of aromatic nitrogens is 2. The first-order valence-electron chi connectivity index (χ1n) is 5.65. The first kappa shape index (κ1) is 12.6. The van der Waals surface area contributed by atoms with Gasteiger partial charge in [0.15, 0.2) is 9.99 Å². The second-order valence-electron chi connectivity index (χ2n) is 4.31. The van der Waals surface area contributed by atoms with Crippen LogP contribution < -0.4 is 0 Å². The zero-order valence-electron chi connectivity index (χ0n) is 10.2. The van der Waals surface area contributed by atoms with Crippen molar-refractivity contribution in [3.8, 4) is 0 Å². The van der Waals surface area contributed by atoms with E-state index >= 15 is 0 Å². The van der Waals surface area contributed by atoms with Gasteiger partial charge in [0.2, 0.25) is 5.91 Å². The fourth-order valence-electron chi connectivity index (χ4n) is 1.97. The Morgan fingerprint density at radius 3 is 2.89 bits per heavy atom. The van der Waals surface area contributed by atoms with E-state index in [2.05, 4.69) is 4.98 Å². The number of amides is 1. The molecule has 1 amide bonds. The van der Waals surface area contributed by atoms with Gasteiger partial charge in [-0.25, -0.2) is 13.4 Å². The first-order chi connectivity index (χ1) is 9.00. The van der Waals surface area contributed by atoms with Crippen LogP contribution in [0.2, 0.25) is 0 Å². The van der Waals surface area contributed by atoms with Crippen molar-refractivity contribution in [3.05, 3.63) is 17.8 Å². The lowest BCUT2D eigenvalue weighted by Crippen LogP contribution is -2.50. The van der Waals surface area contributed by atoms with Crippen LogP contribution >= 0.6 is 11.3 Å². The number of carbonyl (C=O) groups excluding carboxylic acids is 1. The predicted molar refractivity (Wildman–Crippen MR) is 69.5 cm³/mol. The summed E-state index contributed by atoms with van der Waals surface area (Å²) in [7, 11) is -2.01. The first-order valence-corrected chi connectivity index (χ1v) is 7.97. The van der Waals surface area contributed by atoms with Crippen molar-refractivity contribution in [3.63, 3.8) is 0 Å². The molecule has 0 radical (unpaired) electrons. The number of hydrogen-bond donors (Lipinski definition) is 0. The minimum atomic E-state index is -3.68. The monoisotopic (exact) mass is 300 g/mol. The van der Waals surface area contributed by atoms with E-state index in [-0.39, 0.29) is 17.5 Å². The summed E-state index contributed by atoms with van der Waals surface area (Å²) in [6.07, 6.45) is 3.00. The Hall–Kier alpha value is -1.45. The van der Waals surface area contributed by atoms with Crippen molar-refractivity contribution in [1.82, 2.24) is 18.6 Å². The summed E-state index contributed by atoms with van der Waals surface area (Å²) < 4.78 is 27.8. The highest BCUT2D eigenvalue weighted by Gasteiger charge is 2.33. The number of likely N-dealkylation sites (N-methyl/N-ethyl adjacent to an activating group) is 1. The van der Waals surface area contributed by atoms with E-state index in [1.54, 1.807) is 18.6 Å². The van der Waals surface area contributed by atoms with E-state index < -0.39 is 10.0 Å². The summed E-state index contributed by atoms with van der Waals surface area (Å²) in [6.45, 7) is 0.599. The highest BCUT2D eigenvalue weighted by molar-refractivity contribution is 7.89. The summed E-state index contributed by atoms with van der Waals surface area (Å²) in [5.41, 5.74) is 0. The van der Waals surface area contributed by atoms with Gasteiger partial charge in [-0.3, -0.25) is 9.20 Å². The third-order valence-electron chi connectivity index (χ3n) is 3.14. The quantitative estimate of drug-likeness (QED) is 0.773. The molecule has 0 aliphatic carbocycles. The maximum atomic E-state index is 12.5. The lowest BCUT2D eigenvalue weighted by molar-refractivity contribution is -0.132. The van der Waals surface area contributed by atoms with E-state index in [1.165, 1.54) is 31.1 Å². The Bertz CT molecular complexity index is 733. The van der Waals surface area contributed by atoms with Crippen LogP contribution in [0.25, 0.3) is 4.96 Å². The number of sulfonamides is 1. The molecule has 0 spiro atoms. The van der Waals surface area contributed by atoms with Crippen LogP contribution in [0.5, 0.6) is 0 Å². The summed E-state index contributed by atoms with van der Waals surface area (Å²) in [4.78, 5) is 17.8. The number of nitrogens with zero attached hydrogens (tertiary/aromatic N) is 4. The second kappa shape index (κ2) is 4.29. The van der Waals surface area contributed by atoms with Gasteiger partial charge in [-0.2, -0.15) is 4.31 Å². The molecule has 1 aliphatic rings. The molecule has 7 nitrogen and oxygen atoms in total. The Balaban J connectivity index is 2.00. The number of thiazole rings is 1. The molecule has 2 aromatic rings. The van der Waals surface area contributed by atoms with Gasteiger partial charge in [0.25, 0.3) is 10.0 Å². The van der Waals surface area contributed by atoms with Crippen LogP contribution in [-0.4, -0.2) is 59.6 Å². The van der Waals surface area contributed by atoms with Crippen molar-refractivity contribution in [1.29, 1.82) is 0 Å². The molecule has 19 heavy (non-hydrogen) atoms. The normalized spacial score (nSPS) is 18.4. The van der Waals surface area contributed by atoms with Crippen LogP contribution in [-0.2, 0) is 14.8 Å². The van der Waals surface area contributed by atoms with Crippen LogP contribution in [0.4, 0.5) is 0 Å². The fraction of sp³-hybridized carbons (Fsp3) is 0.400. The molecule has 0 saturated carbocycles. The minimum absolute atomic E-state index is 0.112. The number of piperazine rings is 1. The number of carbonyl (C=O) groups is 1. The van der Waals surface area contributed by atoms with E-state index in [1.807, 2.05) is 0 Å². The Morgan fingerprint density at radius 2 is 2.16 bits per heavy atom. The average Bonchev–Trinajstić information content (AvgIpc) is 2.94. The molecular formula is C10H12N4O3S2. The Morgan fingerprint density at radius 1 is 1.37 bits per heavy atom. The SMILES string of the molecule is CN1CCN(S(=O)(=O)c2cnc3sccn23)CC1=O. The van der Waals surface area contributed by atoms with Gasteiger partial charge in [-0.1, -0.05) is 0 Å². The predicted octanol–water partition coefficient (Wildman–Crippen LogP) is -0.141. The van der Waals surface area contributed by atoms with E-state index in [0.717, 1.165) is 0 Å². The zero-order valence-corrected chi connectivity index (χ0v) is 11.8. The van der Waals surface area contributed by atoms with Crippen LogP contribution in [0.15, 0.2) is 22.8 Å². The number of rotatable bonds is 2. The summed E-state index contributed by atoms with van der Waals surface area (Å²) in [5.74, 6) is -0.194. The van der Waals surface area contributed by atoms with Gasteiger partial charge >= 0.3 is 0 Å². The van der Waals surface area contributed by atoms with Gasteiger partial charge in [0.1, 0.15) is 0 Å². The van der Waals surface area contributed by atoms with Gasteiger partial charge in [0, 0.05) is 31.7 Å². The lowest BCUT2D eigenvalue weighted by Gasteiger charge is -2.30. The maximum Gasteiger partial charge on any atom is 0.261 e. The van der Waals surface area contributed by atoms with E-state index in [9.17, 15) is 13.2 Å². The molecule has 0 bridgehead atoms. The molecule has 2 aromatic heterocycles. The van der Waals surface area contributed by atoms with Crippen LogP contribution in [0.1, 0.15) is 0 Å². The Labute approximate surface area is 114 Å². The lowest BCUT2D eigenvalue weighted by atomic mass is 10.4. The van der Waals surface area contributed by atoms with Gasteiger partial charge in [0.05, 0.1) is 12.7 Å². The summed E-state index contributed by atoms with van der Waals surface area (Å²) in [5, 5.41) is 1.89. The molecule has 3 heterocycles. The third-order valence-corrected chi connectivity index (χ3v) is 5.73. The molecule has 102 valence electrons. The summed E-state index contributed by atoms with van der Waals surface area (Å²) in [6, 6.07) is 0. The zero-order chi connectivity index (χ0) is 13.6. The largest absolute Gasteiger partial charge is 0.343 e. The average molecular weight is 300 g/mol. The molecule has 0 aromatic carbocycles. The van der Waals surface area contributed by atoms with Gasteiger partial charge < -0.3 is 4.90 Å². The standard InChI is InChI=1S/C10H12N4O3S2/c1-12-2-3-13(7-8(12)15)19(16,17)9-6-11-10-14(9)4-5-18-10/h4-6H,2-3,7H2,1H3. The number of imidazole rings is 1. The topological polar surface area (TPSA) is 75.0 Å². The molecule has 9 heteroatoms. The second-order valence-corrected chi connectivity index (χ2v) is 7.06. The van der Waals surface area contributed by atoms with Crippen molar-refractivity contribution in [2.45, 2.75) is 5.03 Å². The highest BCUT2D eigenvalue weighted by atomic mass is 32.2. The van der Waals surface area contributed by atoms with E-state index in [0.29, 0.717) is 18.1 Å². The van der Waals surface area contributed by atoms with Crippen molar-refractivity contribution >= 4 is 32.2 Å². The molecule has 1 aliphatic heterocycles. The molecule has 1 fully saturated rings. The third kappa shape index (κ3) is 1.94. The number of fused-ring (bicyclic) bond motifs is 1. The number of hydrogen-bond acceptors (Lipinski definition) is 5. The van der Waals surface area contributed by atoms with Crippen molar-refractivity contribution in [2.75, 3.05) is 26.7 Å². The Kier molecular flexibility index (Phi) is 2.84. The highest BCUT2D eigenvalue weighted by Crippen LogP contribution is 2.21. The molecule has 1 saturated heterocycles. The smallest absolute Gasteiger partial charge is 0.261 e. The van der Waals surface area contributed by atoms with Crippen molar-refractivity contribution < 1.29 is 13.2 Å². The fourth-order valence-corrected chi connectivity index (χ4v) is 4.17. The molecule has 0 N–H and O–H groups in total. The molecule has 0 unspecified atom stereocenters. The van der Waals surface area contributed by atoms with Crippen molar-refractivity contribution in [2.24, 2.45) is 0 Å². The van der Waals surface area contributed by atoms with Crippen LogP contribution in [0, 0.1) is 0 Å². The van der Waals surface area contributed by atoms with Gasteiger partial charge in [-0.15, -0.1) is 11.3 Å².